The van der Waals surface area contributed by atoms with Crippen LogP contribution in [0.4, 0.5) is 0 Å². The Hall–Kier alpha value is -0.670. The van der Waals surface area contributed by atoms with E-state index < -0.39 is 0 Å². The highest BCUT2D eigenvalue weighted by molar-refractivity contribution is 7.99. The molecule has 0 bridgehead atoms. The van der Waals surface area contributed by atoms with E-state index in [2.05, 4.69) is 37.5 Å². The smallest absolute Gasteiger partial charge is 0.119 e. The van der Waals surface area contributed by atoms with Crippen LogP contribution >= 0.6 is 11.8 Å². The normalized spacial score (nSPS) is 18.1. The number of hydrogen-bond donors (Lipinski definition) is 1. The van der Waals surface area contributed by atoms with Crippen molar-refractivity contribution in [3.05, 3.63) is 29.3 Å². The summed E-state index contributed by atoms with van der Waals surface area (Å²) in [6, 6.07) is 7.14. The Balaban J connectivity index is 1.89. The summed E-state index contributed by atoms with van der Waals surface area (Å²) in [4.78, 5) is 0. The molecule has 1 aromatic rings. The van der Waals surface area contributed by atoms with Gasteiger partial charge in [-0.25, -0.2) is 0 Å². The van der Waals surface area contributed by atoms with Crippen LogP contribution in [0.1, 0.15) is 43.4 Å². The molecule has 1 N–H and O–H groups in total. The van der Waals surface area contributed by atoms with Crippen molar-refractivity contribution in [3.8, 4) is 5.75 Å². The summed E-state index contributed by atoms with van der Waals surface area (Å²) < 4.78 is 5.85. The van der Waals surface area contributed by atoms with Crippen LogP contribution in [-0.4, -0.2) is 25.2 Å². The average Bonchev–Trinajstić information content (AvgIpc) is 2.46. The molecule has 0 fully saturated rings. The second-order valence-corrected chi connectivity index (χ2v) is 6.39. The van der Waals surface area contributed by atoms with E-state index in [4.69, 9.17) is 4.74 Å². The first-order valence-electron chi connectivity index (χ1n) is 7.35. The van der Waals surface area contributed by atoms with E-state index in [0.717, 1.165) is 18.8 Å². The number of thioether (sulfide) groups is 1. The highest BCUT2D eigenvalue weighted by atomic mass is 32.2. The summed E-state index contributed by atoms with van der Waals surface area (Å²) in [5, 5.41) is 3.40. The van der Waals surface area contributed by atoms with Crippen LogP contribution in [0.25, 0.3) is 0 Å². The predicted octanol–water partition coefficient (Wildman–Crippen LogP) is 3.81. The van der Waals surface area contributed by atoms with Crippen molar-refractivity contribution < 1.29 is 4.74 Å². The molecule has 1 unspecified atom stereocenters. The number of benzene rings is 1. The molecule has 1 atom stereocenters. The van der Waals surface area contributed by atoms with Crippen molar-refractivity contribution in [2.24, 2.45) is 0 Å². The minimum atomic E-state index is 0.527. The highest BCUT2D eigenvalue weighted by Crippen LogP contribution is 2.31. The quantitative estimate of drug-likeness (QED) is 0.767. The van der Waals surface area contributed by atoms with Gasteiger partial charge < -0.3 is 10.1 Å². The number of nitrogens with one attached hydrogen (secondary N) is 1. The first-order chi connectivity index (χ1) is 9.35. The van der Waals surface area contributed by atoms with Gasteiger partial charge in [-0.05, 0) is 67.5 Å². The molecular weight excluding hydrogens is 254 g/mol. The fraction of sp³-hybridized carbons (Fsp3) is 0.625. The molecular formula is C16H25NOS. The molecule has 0 spiro atoms. The lowest BCUT2D eigenvalue weighted by Gasteiger charge is -2.25. The highest BCUT2D eigenvalue weighted by Gasteiger charge is 2.18. The van der Waals surface area contributed by atoms with Gasteiger partial charge in [-0.2, -0.15) is 11.8 Å². The first-order valence-corrected chi connectivity index (χ1v) is 8.51. The molecule has 1 aromatic carbocycles. The molecule has 19 heavy (non-hydrogen) atoms. The van der Waals surface area contributed by atoms with Gasteiger partial charge in [0.1, 0.15) is 5.75 Å². The van der Waals surface area contributed by atoms with E-state index in [0.29, 0.717) is 6.04 Å². The van der Waals surface area contributed by atoms with Crippen molar-refractivity contribution >= 4 is 11.8 Å². The third kappa shape index (κ3) is 4.15. The summed E-state index contributed by atoms with van der Waals surface area (Å²) >= 11 is 1.98. The minimum Gasteiger partial charge on any atom is -0.494 e. The van der Waals surface area contributed by atoms with Crippen LogP contribution in [0.15, 0.2) is 18.2 Å². The lowest BCUT2D eigenvalue weighted by molar-refractivity contribution is 0.318. The van der Waals surface area contributed by atoms with Gasteiger partial charge in [0.25, 0.3) is 0 Å². The number of ether oxygens (including phenoxy) is 1. The molecule has 0 amide bonds. The summed E-state index contributed by atoms with van der Waals surface area (Å²) in [6.45, 7) is 3.04. The maximum absolute atomic E-state index is 5.85. The average molecular weight is 279 g/mol. The molecule has 0 aromatic heterocycles. The molecule has 3 heteroatoms. The van der Waals surface area contributed by atoms with Crippen LogP contribution in [0.5, 0.6) is 5.75 Å². The SMILES string of the molecule is CCSCCCOc1ccc2c(c1)CCCC2NC. The molecule has 2 nitrogen and oxygen atoms in total. The largest absolute Gasteiger partial charge is 0.494 e. The predicted molar refractivity (Wildman–Crippen MR) is 84.3 cm³/mol. The topological polar surface area (TPSA) is 21.3 Å². The van der Waals surface area contributed by atoms with Crippen molar-refractivity contribution in [3.63, 3.8) is 0 Å². The second kappa shape index (κ2) is 7.81. The maximum Gasteiger partial charge on any atom is 0.119 e. The Morgan fingerprint density at radius 3 is 3.11 bits per heavy atom. The lowest BCUT2D eigenvalue weighted by atomic mass is 9.87. The fourth-order valence-corrected chi connectivity index (χ4v) is 3.29. The molecule has 0 saturated carbocycles. The van der Waals surface area contributed by atoms with E-state index >= 15 is 0 Å². The number of aryl methyl sites for hydroxylation is 1. The summed E-state index contributed by atoms with van der Waals surface area (Å²) in [5.41, 5.74) is 2.92. The zero-order valence-electron chi connectivity index (χ0n) is 12.1. The van der Waals surface area contributed by atoms with Crippen molar-refractivity contribution in [1.82, 2.24) is 5.32 Å². The second-order valence-electron chi connectivity index (χ2n) is 4.99. The van der Waals surface area contributed by atoms with Gasteiger partial charge >= 0.3 is 0 Å². The molecule has 1 aliphatic rings. The molecule has 0 saturated heterocycles. The molecule has 2 rings (SSSR count). The van der Waals surface area contributed by atoms with Gasteiger partial charge in [-0.1, -0.05) is 13.0 Å². The molecule has 1 aliphatic carbocycles. The van der Waals surface area contributed by atoms with E-state index in [9.17, 15) is 0 Å². The Morgan fingerprint density at radius 1 is 1.42 bits per heavy atom. The van der Waals surface area contributed by atoms with E-state index in [1.807, 2.05) is 11.8 Å². The lowest BCUT2D eigenvalue weighted by Crippen LogP contribution is -2.21. The Bertz CT molecular complexity index is 394. The van der Waals surface area contributed by atoms with Gasteiger partial charge in [0, 0.05) is 6.04 Å². The standard InChI is InChI=1S/C16H25NOS/c1-3-19-11-5-10-18-14-8-9-15-13(12-14)6-4-7-16(15)17-2/h8-9,12,16-17H,3-7,10-11H2,1-2H3. The van der Waals surface area contributed by atoms with Crippen LogP contribution in [0.2, 0.25) is 0 Å². The van der Waals surface area contributed by atoms with Crippen molar-refractivity contribution in [2.75, 3.05) is 25.2 Å². The molecule has 0 radical (unpaired) electrons. The summed E-state index contributed by atoms with van der Waals surface area (Å²) in [6.07, 6.45) is 4.85. The van der Waals surface area contributed by atoms with Gasteiger partial charge in [0.15, 0.2) is 0 Å². The van der Waals surface area contributed by atoms with Crippen LogP contribution in [0, 0.1) is 0 Å². The van der Waals surface area contributed by atoms with Gasteiger partial charge in [0.05, 0.1) is 6.61 Å². The van der Waals surface area contributed by atoms with E-state index in [1.165, 1.54) is 41.9 Å². The maximum atomic E-state index is 5.85. The number of fused-ring (bicyclic) bond motifs is 1. The minimum absolute atomic E-state index is 0.527. The number of hydrogen-bond acceptors (Lipinski definition) is 3. The zero-order valence-corrected chi connectivity index (χ0v) is 12.9. The van der Waals surface area contributed by atoms with Gasteiger partial charge in [-0.15, -0.1) is 0 Å². The summed E-state index contributed by atoms with van der Waals surface area (Å²) in [5.74, 6) is 3.44. The fourth-order valence-electron chi connectivity index (χ4n) is 2.68. The van der Waals surface area contributed by atoms with Crippen LogP contribution in [0.3, 0.4) is 0 Å². The third-order valence-corrected chi connectivity index (χ3v) is 4.67. The zero-order chi connectivity index (χ0) is 13.5. The van der Waals surface area contributed by atoms with Crippen molar-refractivity contribution in [2.45, 2.75) is 38.6 Å². The molecule has 106 valence electrons. The van der Waals surface area contributed by atoms with Gasteiger partial charge in [-0.3, -0.25) is 0 Å². The molecule has 0 aliphatic heterocycles. The Kier molecular flexibility index (Phi) is 6.05. The third-order valence-electron chi connectivity index (χ3n) is 3.68. The number of rotatable bonds is 7. The van der Waals surface area contributed by atoms with Crippen LogP contribution in [-0.2, 0) is 6.42 Å². The van der Waals surface area contributed by atoms with E-state index in [1.54, 1.807) is 0 Å². The Labute approximate surface area is 121 Å². The van der Waals surface area contributed by atoms with E-state index in [-0.39, 0.29) is 0 Å². The monoisotopic (exact) mass is 279 g/mol. The van der Waals surface area contributed by atoms with Gasteiger partial charge in [0.2, 0.25) is 0 Å². The van der Waals surface area contributed by atoms with Crippen molar-refractivity contribution in [1.29, 1.82) is 0 Å². The van der Waals surface area contributed by atoms with Crippen LogP contribution < -0.4 is 10.1 Å². The molecule has 0 heterocycles. The first kappa shape index (κ1) is 14.7. The summed E-state index contributed by atoms with van der Waals surface area (Å²) in [7, 11) is 2.05. The Morgan fingerprint density at radius 2 is 2.32 bits per heavy atom.